The van der Waals surface area contributed by atoms with Gasteiger partial charge < -0.3 is 19.6 Å². The summed E-state index contributed by atoms with van der Waals surface area (Å²) in [7, 11) is 3.18. The predicted molar refractivity (Wildman–Crippen MR) is 92.7 cm³/mol. The summed E-state index contributed by atoms with van der Waals surface area (Å²) in [5, 5.41) is 6.88. The van der Waals surface area contributed by atoms with Gasteiger partial charge in [-0.25, -0.2) is 0 Å². The molecular weight excluding hydrogens is 308 g/mol. The number of hydrogen-bond donors (Lipinski definition) is 1. The fraction of sp³-hybridized carbons (Fsp3) is 0.556. The van der Waals surface area contributed by atoms with Gasteiger partial charge in [-0.15, -0.1) is 0 Å². The van der Waals surface area contributed by atoms with Crippen LogP contribution in [0.15, 0.2) is 23.4 Å². The molecule has 0 spiro atoms. The third-order valence-electron chi connectivity index (χ3n) is 4.36. The van der Waals surface area contributed by atoms with E-state index in [1.165, 1.54) is 25.5 Å². The fourth-order valence-electron chi connectivity index (χ4n) is 2.91. The third-order valence-corrected chi connectivity index (χ3v) is 4.36. The average Bonchev–Trinajstić information content (AvgIpc) is 2.60. The summed E-state index contributed by atoms with van der Waals surface area (Å²) in [4.78, 5) is 17.0. The zero-order valence-electron chi connectivity index (χ0n) is 14.6. The van der Waals surface area contributed by atoms with Crippen molar-refractivity contribution in [1.29, 1.82) is 0 Å². The van der Waals surface area contributed by atoms with Crippen LogP contribution in [0.5, 0.6) is 11.5 Å². The van der Waals surface area contributed by atoms with Gasteiger partial charge in [-0.2, -0.15) is 0 Å². The summed E-state index contributed by atoms with van der Waals surface area (Å²) in [6, 6.07) is 5.63. The quantitative estimate of drug-likeness (QED) is 0.615. The number of benzene rings is 1. The third kappa shape index (κ3) is 5.15. The summed E-state index contributed by atoms with van der Waals surface area (Å²) in [6.07, 6.45) is 6.13. The Hall–Kier alpha value is -2.24. The number of oxime groups is 1. The smallest absolute Gasteiger partial charge is 0.261 e. The monoisotopic (exact) mass is 334 g/mol. The van der Waals surface area contributed by atoms with Crippen molar-refractivity contribution in [3.8, 4) is 11.5 Å². The number of amides is 1. The van der Waals surface area contributed by atoms with Crippen molar-refractivity contribution in [1.82, 2.24) is 5.32 Å². The minimum atomic E-state index is -0.136. The first-order chi connectivity index (χ1) is 11.6. The van der Waals surface area contributed by atoms with E-state index >= 15 is 0 Å². The van der Waals surface area contributed by atoms with Crippen LogP contribution in [-0.4, -0.2) is 39.0 Å². The van der Waals surface area contributed by atoms with Crippen molar-refractivity contribution in [3.05, 3.63) is 23.8 Å². The molecule has 1 aliphatic carbocycles. The van der Waals surface area contributed by atoms with Crippen molar-refractivity contribution in [2.45, 2.75) is 38.6 Å². The number of nitrogens with one attached hydrogen (secondary N) is 1. The van der Waals surface area contributed by atoms with Gasteiger partial charge in [-0.1, -0.05) is 24.9 Å². The highest BCUT2D eigenvalue weighted by Gasteiger charge is 2.22. The van der Waals surface area contributed by atoms with Gasteiger partial charge in [0, 0.05) is 11.6 Å². The van der Waals surface area contributed by atoms with Gasteiger partial charge in [0.2, 0.25) is 0 Å². The molecule has 0 saturated heterocycles. The zero-order valence-corrected chi connectivity index (χ0v) is 14.6. The second kappa shape index (κ2) is 9.15. The maximum atomic E-state index is 11.9. The molecule has 6 heteroatoms. The maximum Gasteiger partial charge on any atom is 0.261 e. The summed E-state index contributed by atoms with van der Waals surface area (Å²) in [5.41, 5.74) is 0.721. The van der Waals surface area contributed by atoms with Crippen LogP contribution in [0.2, 0.25) is 0 Å². The Bertz CT molecular complexity index is 574. The standard InChI is InChI=1S/C18H26N2O4/c1-13-6-4-5-7-16(13)20-18(21)12-24-19-11-14-10-15(22-2)8-9-17(14)23-3/h8-11,13,16H,4-7,12H2,1-3H3,(H,20,21)/b19-11+. The van der Waals surface area contributed by atoms with Crippen LogP contribution in [-0.2, 0) is 9.63 Å². The van der Waals surface area contributed by atoms with Crippen molar-refractivity contribution < 1.29 is 19.1 Å². The number of nitrogens with zero attached hydrogens (tertiary/aromatic N) is 1. The summed E-state index contributed by atoms with van der Waals surface area (Å²) < 4.78 is 10.4. The lowest BCUT2D eigenvalue weighted by molar-refractivity contribution is -0.126. The van der Waals surface area contributed by atoms with Crippen molar-refractivity contribution >= 4 is 12.1 Å². The summed E-state index contributed by atoms with van der Waals surface area (Å²) in [6.45, 7) is 2.09. The van der Waals surface area contributed by atoms with Gasteiger partial charge >= 0.3 is 0 Å². The first-order valence-electron chi connectivity index (χ1n) is 8.30. The number of ether oxygens (including phenoxy) is 2. The Morgan fingerprint density at radius 2 is 2.08 bits per heavy atom. The SMILES string of the molecule is COc1ccc(OC)c(/C=N/OCC(=O)NC2CCCCC2C)c1. The lowest BCUT2D eigenvalue weighted by atomic mass is 9.86. The molecule has 1 aromatic rings. The van der Waals surface area contributed by atoms with Crippen molar-refractivity contribution in [2.24, 2.45) is 11.1 Å². The maximum absolute atomic E-state index is 11.9. The Morgan fingerprint density at radius 1 is 1.29 bits per heavy atom. The minimum absolute atomic E-state index is 0.0913. The largest absolute Gasteiger partial charge is 0.497 e. The van der Waals surface area contributed by atoms with Crippen molar-refractivity contribution in [2.75, 3.05) is 20.8 Å². The Morgan fingerprint density at radius 3 is 2.79 bits per heavy atom. The topological polar surface area (TPSA) is 69.1 Å². The van der Waals surface area contributed by atoms with E-state index < -0.39 is 0 Å². The van der Waals surface area contributed by atoms with E-state index in [9.17, 15) is 4.79 Å². The number of carbonyl (C=O) groups excluding carboxylic acids is 1. The summed E-state index contributed by atoms with van der Waals surface area (Å²) in [5.74, 6) is 1.74. The molecule has 6 nitrogen and oxygen atoms in total. The number of carbonyl (C=O) groups is 1. The van der Waals surface area contributed by atoms with Gasteiger partial charge in [-0.05, 0) is 37.0 Å². The van der Waals surface area contributed by atoms with E-state index in [1.807, 2.05) is 0 Å². The molecule has 1 aliphatic rings. The van der Waals surface area contributed by atoms with Crippen molar-refractivity contribution in [3.63, 3.8) is 0 Å². The fourth-order valence-corrected chi connectivity index (χ4v) is 2.91. The van der Waals surface area contributed by atoms with Crippen LogP contribution in [0.25, 0.3) is 0 Å². The molecule has 0 bridgehead atoms. The van der Waals surface area contributed by atoms with Crippen LogP contribution in [0.4, 0.5) is 0 Å². The first-order valence-corrected chi connectivity index (χ1v) is 8.30. The Labute approximate surface area is 143 Å². The molecule has 1 saturated carbocycles. The molecule has 1 fully saturated rings. The predicted octanol–water partition coefficient (Wildman–Crippen LogP) is 2.75. The zero-order chi connectivity index (χ0) is 17.4. The van der Waals surface area contributed by atoms with Crippen LogP contribution < -0.4 is 14.8 Å². The Kier molecular flexibility index (Phi) is 6.90. The summed E-state index contributed by atoms with van der Waals surface area (Å²) >= 11 is 0. The van der Waals surface area contributed by atoms with E-state index in [0.29, 0.717) is 17.4 Å². The molecule has 2 rings (SSSR count). The molecule has 0 aliphatic heterocycles. The molecular formula is C18H26N2O4. The molecule has 0 aromatic heterocycles. The highest BCUT2D eigenvalue weighted by Crippen LogP contribution is 2.24. The van der Waals surface area contributed by atoms with Gasteiger partial charge in [0.1, 0.15) is 11.5 Å². The number of hydrogen-bond acceptors (Lipinski definition) is 5. The minimum Gasteiger partial charge on any atom is -0.497 e. The molecule has 0 radical (unpaired) electrons. The second-order valence-electron chi connectivity index (χ2n) is 6.05. The normalized spacial score (nSPS) is 20.6. The molecule has 0 heterocycles. The van der Waals surface area contributed by atoms with Crippen LogP contribution in [0, 0.1) is 5.92 Å². The molecule has 132 valence electrons. The average molecular weight is 334 g/mol. The van der Waals surface area contributed by atoms with Crippen LogP contribution in [0.1, 0.15) is 38.2 Å². The molecule has 24 heavy (non-hydrogen) atoms. The molecule has 1 amide bonds. The number of methoxy groups -OCH3 is 2. The first kappa shape index (κ1) is 18.1. The second-order valence-corrected chi connectivity index (χ2v) is 6.05. The molecule has 1 aromatic carbocycles. The number of rotatable bonds is 7. The van der Waals surface area contributed by atoms with E-state index in [4.69, 9.17) is 14.3 Å². The van der Waals surface area contributed by atoms with Crippen LogP contribution >= 0.6 is 0 Å². The van der Waals surface area contributed by atoms with E-state index in [1.54, 1.807) is 32.4 Å². The highest BCUT2D eigenvalue weighted by atomic mass is 16.6. The highest BCUT2D eigenvalue weighted by molar-refractivity contribution is 5.84. The van der Waals surface area contributed by atoms with E-state index in [-0.39, 0.29) is 18.6 Å². The Balaban J connectivity index is 1.82. The molecule has 2 unspecified atom stereocenters. The van der Waals surface area contributed by atoms with Gasteiger partial charge in [0.05, 0.1) is 20.4 Å². The molecule has 2 atom stereocenters. The van der Waals surface area contributed by atoms with Gasteiger partial charge in [-0.3, -0.25) is 4.79 Å². The lowest BCUT2D eigenvalue weighted by Crippen LogP contribution is -2.42. The van der Waals surface area contributed by atoms with Crippen LogP contribution in [0.3, 0.4) is 0 Å². The van der Waals surface area contributed by atoms with E-state index in [2.05, 4.69) is 17.4 Å². The lowest BCUT2D eigenvalue weighted by Gasteiger charge is -2.29. The van der Waals surface area contributed by atoms with Gasteiger partial charge in [0.25, 0.3) is 5.91 Å². The van der Waals surface area contributed by atoms with Gasteiger partial charge in [0.15, 0.2) is 6.61 Å². The van der Waals surface area contributed by atoms with E-state index in [0.717, 1.165) is 12.0 Å². The molecule has 1 N–H and O–H groups in total.